The molecular formula is C15H20BrN. The largest absolute Gasteiger partial charge is 0.300 e. The van der Waals surface area contributed by atoms with Crippen molar-refractivity contribution in [3.63, 3.8) is 0 Å². The fourth-order valence-electron chi connectivity index (χ4n) is 3.72. The lowest BCUT2D eigenvalue weighted by Gasteiger charge is -2.33. The third-order valence-electron chi connectivity index (χ3n) is 4.40. The number of rotatable bonds is 2. The first-order valence-electron chi connectivity index (χ1n) is 6.82. The maximum Gasteiger partial charge on any atom is 0.0213 e. The average molecular weight is 294 g/mol. The zero-order valence-electron chi connectivity index (χ0n) is 10.5. The molecule has 1 saturated heterocycles. The first kappa shape index (κ1) is 11.7. The molecule has 0 bridgehead atoms. The Hall–Kier alpha value is -0.340. The maximum absolute atomic E-state index is 3.76. The SMILES string of the molecule is CCCN1CC[C@H]2c3c(Br)cccc3CC[C@H]21. The van der Waals surface area contributed by atoms with Gasteiger partial charge in [0.05, 0.1) is 0 Å². The molecule has 1 aliphatic carbocycles. The van der Waals surface area contributed by atoms with Crippen LogP contribution in [-0.2, 0) is 6.42 Å². The van der Waals surface area contributed by atoms with Crippen molar-refractivity contribution in [2.75, 3.05) is 13.1 Å². The lowest BCUT2D eigenvalue weighted by molar-refractivity contribution is 0.227. The fraction of sp³-hybridized carbons (Fsp3) is 0.600. The van der Waals surface area contributed by atoms with Gasteiger partial charge in [-0.2, -0.15) is 0 Å². The molecule has 1 nitrogen and oxygen atoms in total. The van der Waals surface area contributed by atoms with Gasteiger partial charge in [-0.15, -0.1) is 0 Å². The Bertz CT molecular complexity index is 415. The van der Waals surface area contributed by atoms with Crippen molar-refractivity contribution in [2.45, 2.75) is 44.6 Å². The molecule has 2 aliphatic rings. The number of nitrogens with zero attached hydrogens (tertiary/aromatic N) is 1. The molecule has 1 aromatic rings. The highest BCUT2D eigenvalue weighted by atomic mass is 79.9. The lowest BCUT2D eigenvalue weighted by Crippen LogP contribution is -2.35. The Balaban J connectivity index is 1.93. The molecule has 1 aromatic carbocycles. The van der Waals surface area contributed by atoms with Crippen molar-refractivity contribution < 1.29 is 0 Å². The zero-order valence-corrected chi connectivity index (χ0v) is 12.0. The minimum absolute atomic E-state index is 0.779. The standard InChI is InChI=1S/C15H20BrN/c1-2-9-17-10-8-12-14(17)7-6-11-4-3-5-13(16)15(11)12/h3-5,12,14H,2,6-10H2,1H3/t12-,14-/m1/s1. The Kier molecular flexibility index (Phi) is 3.27. The maximum atomic E-state index is 3.76. The van der Waals surface area contributed by atoms with E-state index in [1.165, 1.54) is 43.2 Å². The quantitative estimate of drug-likeness (QED) is 0.798. The third-order valence-corrected chi connectivity index (χ3v) is 5.09. The molecule has 0 N–H and O–H groups in total. The van der Waals surface area contributed by atoms with Crippen molar-refractivity contribution in [1.29, 1.82) is 0 Å². The summed E-state index contributed by atoms with van der Waals surface area (Å²) in [6.07, 6.45) is 5.25. The predicted molar refractivity (Wildman–Crippen MR) is 75.5 cm³/mol. The number of hydrogen-bond donors (Lipinski definition) is 0. The fourth-order valence-corrected chi connectivity index (χ4v) is 4.42. The van der Waals surface area contributed by atoms with Crippen LogP contribution in [-0.4, -0.2) is 24.0 Å². The predicted octanol–water partition coefficient (Wildman–Crippen LogP) is 3.96. The average Bonchev–Trinajstić information content (AvgIpc) is 2.73. The number of benzene rings is 1. The summed E-state index contributed by atoms with van der Waals surface area (Å²) in [5.41, 5.74) is 3.20. The summed E-state index contributed by atoms with van der Waals surface area (Å²) in [4.78, 5) is 2.72. The minimum Gasteiger partial charge on any atom is -0.300 e. The molecule has 1 fully saturated rings. The van der Waals surface area contributed by atoms with Crippen molar-refractivity contribution in [2.24, 2.45) is 0 Å². The number of aryl methyl sites for hydroxylation is 1. The highest BCUT2D eigenvalue weighted by molar-refractivity contribution is 9.10. The van der Waals surface area contributed by atoms with Crippen molar-refractivity contribution in [1.82, 2.24) is 4.90 Å². The van der Waals surface area contributed by atoms with Gasteiger partial charge >= 0.3 is 0 Å². The monoisotopic (exact) mass is 293 g/mol. The topological polar surface area (TPSA) is 3.24 Å². The molecule has 0 amide bonds. The van der Waals surface area contributed by atoms with Crippen LogP contribution < -0.4 is 0 Å². The van der Waals surface area contributed by atoms with Crippen molar-refractivity contribution >= 4 is 15.9 Å². The summed E-state index contributed by atoms with van der Waals surface area (Å²) in [5.74, 6) is 0.779. The van der Waals surface area contributed by atoms with E-state index in [1.54, 1.807) is 11.1 Å². The van der Waals surface area contributed by atoms with Crippen LogP contribution >= 0.6 is 15.9 Å². The Morgan fingerprint density at radius 3 is 3.06 bits per heavy atom. The highest BCUT2D eigenvalue weighted by Gasteiger charge is 2.38. The normalized spacial score (nSPS) is 27.9. The van der Waals surface area contributed by atoms with Gasteiger partial charge in [-0.1, -0.05) is 35.0 Å². The van der Waals surface area contributed by atoms with Crippen LogP contribution in [0.15, 0.2) is 22.7 Å². The molecule has 1 heterocycles. The summed E-state index contributed by atoms with van der Waals surface area (Å²) in [6.45, 7) is 4.87. The van der Waals surface area contributed by atoms with Gasteiger partial charge < -0.3 is 0 Å². The summed E-state index contributed by atoms with van der Waals surface area (Å²) in [7, 11) is 0. The Morgan fingerprint density at radius 2 is 2.24 bits per heavy atom. The zero-order chi connectivity index (χ0) is 11.8. The van der Waals surface area contributed by atoms with Gasteiger partial charge in [0.1, 0.15) is 0 Å². The molecule has 0 aromatic heterocycles. The molecule has 3 rings (SSSR count). The molecule has 2 heteroatoms. The van der Waals surface area contributed by atoms with Gasteiger partial charge in [0.2, 0.25) is 0 Å². The Morgan fingerprint density at radius 1 is 1.35 bits per heavy atom. The van der Waals surface area contributed by atoms with Gasteiger partial charge in [0, 0.05) is 16.4 Å². The molecule has 2 atom stereocenters. The van der Waals surface area contributed by atoms with E-state index < -0.39 is 0 Å². The number of hydrogen-bond acceptors (Lipinski definition) is 1. The second-order valence-electron chi connectivity index (χ2n) is 5.35. The van der Waals surface area contributed by atoms with Gasteiger partial charge in [-0.25, -0.2) is 0 Å². The number of fused-ring (bicyclic) bond motifs is 3. The number of halogens is 1. The van der Waals surface area contributed by atoms with Crippen LogP contribution in [0.5, 0.6) is 0 Å². The van der Waals surface area contributed by atoms with Crippen LogP contribution in [0, 0.1) is 0 Å². The van der Waals surface area contributed by atoms with E-state index in [2.05, 4.69) is 46.0 Å². The van der Waals surface area contributed by atoms with Crippen LogP contribution in [0.3, 0.4) is 0 Å². The van der Waals surface area contributed by atoms with Gasteiger partial charge in [-0.3, -0.25) is 4.90 Å². The molecule has 1 aliphatic heterocycles. The third kappa shape index (κ3) is 1.96. The summed E-state index contributed by atoms with van der Waals surface area (Å²) >= 11 is 3.76. The minimum atomic E-state index is 0.779. The molecule has 0 saturated carbocycles. The first-order chi connectivity index (χ1) is 8.31. The van der Waals surface area contributed by atoms with Crippen LogP contribution in [0.4, 0.5) is 0 Å². The van der Waals surface area contributed by atoms with Gasteiger partial charge in [0.25, 0.3) is 0 Å². The smallest absolute Gasteiger partial charge is 0.0213 e. The van der Waals surface area contributed by atoms with Crippen molar-refractivity contribution in [3.8, 4) is 0 Å². The molecule has 17 heavy (non-hydrogen) atoms. The molecule has 0 unspecified atom stereocenters. The van der Waals surface area contributed by atoms with Gasteiger partial charge in [0.15, 0.2) is 0 Å². The van der Waals surface area contributed by atoms with E-state index in [9.17, 15) is 0 Å². The molecule has 0 spiro atoms. The second-order valence-corrected chi connectivity index (χ2v) is 6.20. The van der Waals surface area contributed by atoms with E-state index in [-0.39, 0.29) is 0 Å². The second kappa shape index (κ2) is 4.74. The van der Waals surface area contributed by atoms with Crippen molar-refractivity contribution in [3.05, 3.63) is 33.8 Å². The first-order valence-corrected chi connectivity index (χ1v) is 7.62. The van der Waals surface area contributed by atoms with E-state index in [1.807, 2.05) is 0 Å². The highest BCUT2D eigenvalue weighted by Crippen LogP contribution is 2.44. The van der Waals surface area contributed by atoms with E-state index in [4.69, 9.17) is 0 Å². The summed E-state index contributed by atoms with van der Waals surface area (Å²) in [6, 6.07) is 7.52. The van der Waals surface area contributed by atoms with E-state index in [0.29, 0.717) is 0 Å². The summed E-state index contributed by atoms with van der Waals surface area (Å²) < 4.78 is 1.34. The Labute approximate surface area is 112 Å². The van der Waals surface area contributed by atoms with Crippen LogP contribution in [0.25, 0.3) is 0 Å². The van der Waals surface area contributed by atoms with E-state index in [0.717, 1.165) is 12.0 Å². The molecule has 0 radical (unpaired) electrons. The van der Waals surface area contributed by atoms with Crippen LogP contribution in [0.2, 0.25) is 0 Å². The molecular weight excluding hydrogens is 274 g/mol. The van der Waals surface area contributed by atoms with Gasteiger partial charge in [-0.05, 0) is 56.0 Å². The molecule has 92 valence electrons. The van der Waals surface area contributed by atoms with E-state index >= 15 is 0 Å². The summed E-state index contributed by atoms with van der Waals surface area (Å²) in [5, 5.41) is 0. The number of likely N-dealkylation sites (tertiary alicyclic amines) is 1. The van der Waals surface area contributed by atoms with Crippen LogP contribution in [0.1, 0.15) is 43.2 Å². The lowest BCUT2D eigenvalue weighted by atomic mass is 9.79.